The zero-order valence-corrected chi connectivity index (χ0v) is 12.4. The van der Waals surface area contributed by atoms with Gasteiger partial charge in [0, 0.05) is 16.6 Å². The first-order valence-corrected chi connectivity index (χ1v) is 8.13. The Morgan fingerprint density at radius 3 is 2.68 bits per heavy atom. The average molecular weight is 278 g/mol. The van der Waals surface area contributed by atoms with Gasteiger partial charge in [0.25, 0.3) is 0 Å². The van der Waals surface area contributed by atoms with Crippen LogP contribution in [0.15, 0.2) is 29.2 Å². The molecule has 1 amide bonds. The molecule has 2 N–H and O–H groups in total. The number of nitrogens with one attached hydrogen (secondary N) is 2. The molecule has 1 unspecified atom stereocenters. The molecule has 0 aromatic heterocycles. The molecule has 1 aliphatic rings. The van der Waals surface area contributed by atoms with E-state index in [0.717, 1.165) is 18.5 Å². The van der Waals surface area contributed by atoms with Crippen molar-refractivity contribution in [2.24, 2.45) is 0 Å². The molecule has 1 aromatic carbocycles. The fourth-order valence-corrected chi connectivity index (χ4v) is 3.02. The fourth-order valence-electron chi connectivity index (χ4n) is 2.46. The summed E-state index contributed by atoms with van der Waals surface area (Å²) in [5, 5.41) is 6.43. The van der Waals surface area contributed by atoms with Gasteiger partial charge in [0.2, 0.25) is 5.91 Å². The van der Waals surface area contributed by atoms with Crippen molar-refractivity contribution in [3.05, 3.63) is 24.3 Å². The van der Waals surface area contributed by atoms with Gasteiger partial charge in [0.05, 0.1) is 0 Å². The van der Waals surface area contributed by atoms with Gasteiger partial charge in [-0.15, -0.1) is 11.8 Å². The molecule has 1 aromatic rings. The monoisotopic (exact) mass is 278 g/mol. The maximum Gasteiger partial charge on any atom is 0.242 e. The lowest BCUT2D eigenvalue weighted by molar-refractivity contribution is -0.122. The summed E-state index contributed by atoms with van der Waals surface area (Å²) in [4.78, 5) is 13.3. The Labute approximate surface area is 119 Å². The third-order valence-electron chi connectivity index (χ3n) is 3.57. The predicted octanol–water partition coefficient (Wildman–Crippen LogP) is 3.27. The van der Waals surface area contributed by atoms with Crippen LogP contribution >= 0.6 is 11.8 Å². The number of amides is 1. The molecule has 0 radical (unpaired) electrons. The number of benzene rings is 1. The molecule has 0 bridgehead atoms. The molecule has 1 aliphatic carbocycles. The van der Waals surface area contributed by atoms with E-state index in [1.165, 1.54) is 17.7 Å². The molecule has 1 saturated carbocycles. The van der Waals surface area contributed by atoms with E-state index >= 15 is 0 Å². The van der Waals surface area contributed by atoms with Crippen LogP contribution in [0.5, 0.6) is 0 Å². The zero-order chi connectivity index (χ0) is 13.7. The molecule has 0 aliphatic heterocycles. The minimum Gasteiger partial charge on any atom is -0.373 e. The van der Waals surface area contributed by atoms with E-state index in [9.17, 15) is 4.79 Å². The van der Waals surface area contributed by atoms with Crippen molar-refractivity contribution in [3.8, 4) is 0 Å². The number of para-hydroxylation sites is 1. The van der Waals surface area contributed by atoms with Crippen molar-refractivity contribution in [1.29, 1.82) is 0 Å². The van der Waals surface area contributed by atoms with E-state index < -0.39 is 0 Å². The van der Waals surface area contributed by atoms with Gasteiger partial charge in [-0.3, -0.25) is 4.79 Å². The first-order chi connectivity index (χ1) is 9.20. The summed E-state index contributed by atoms with van der Waals surface area (Å²) in [5.41, 5.74) is 1.03. The molecule has 0 heterocycles. The Morgan fingerprint density at radius 2 is 2.00 bits per heavy atom. The van der Waals surface area contributed by atoms with E-state index in [2.05, 4.69) is 16.7 Å². The van der Waals surface area contributed by atoms with Gasteiger partial charge < -0.3 is 10.6 Å². The minimum atomic E-state index is -0.200. The van der Waals surface area contributed by atoms with Crippen LogP contribution in [0.2, 0.25) is 0 Å². The third-order valence-corrected chi connectivity index (χ3v) is 4.37. The van der Waals surface area contributed by atoms with Gasteiger partial charge in [-0.25, -0.2) is 0 Å². The van der Waals surface area contributed by atoms with E-state index in [1.807, 2.05) is 31.4 Å². The van der Waals surface area contributed by atoms with Crippen LogP contribution in [0.25, 0.3) is 0 Å². The predicted molar refractivity (Wildman–Crippen MR) is 81.7 cm³/mol. The second kappa shape index (κ2) is 6.85. The number of thioether (sulfide) groups is 1. The summed E-state index contributed by atoms with van der Waals surface area (Å²) in [6, 6.07) is 8.27. The summed E-state index contributed by atoms with van der Waals surface area (Å²) >= 11 is 1.69. The number of rotatable bonds is 5. The lowest BCUT2D eigenvalue weighted by Gasteiger charge is -2.19. The van der Waals surface area contributed by atoms with Gasteiger partial charge in [0.1, 0.15) is 6.04 Å². The Morgan fingerprint density at radius 1 is 1.32 bits per heavy atom. The first kappa shape index (κ1) is 14.3. The maximum atomic E-state index is 12.1. The fraction of sp³-hybridized carbons (Fsp3) is 0.533. The Bertz CT molecular complexity index is 430. The summed E-state index contributed by atoms with van der Waals surface area (Å²) in [6.45, 7) is 1.92. The molecular formula is C15H22N2OS. The number of carbonyl (C=O) groups excluding carboxylic acids is 1. The molecule has 2 rings (SSSR count). The molecular weight excluding hydrogens is 256 g/mol. The van der Waals surface area contributed by atoms with Gasteiger partial charge >= 0.3 is 0 Å². The number of anilines is 1. The highest BCUT2D eigenvalue weighted by Crippen LogP contribution is 2.25. The summed E-state index contributed by atoms with van der Waals surface area (Å²) in [7, 11) is 0. The molecule has 1 atom stereocenters. The quantitative estimate of drug-likeness (QED) is 0.812. The number of hydrogen-bond acceptors (Lipinski definition) is 3. The van der Waals surface area contributed by atoms with Gasteiger partial charge in [-0.05, 0) is 38.2 Å². The largest absolute Gasteiger partial charge is 0.373 e. The van der Waals surface area contributed by atoms with Crippen molar-refractivity contribution in [1.82, 2.24) is 5.32 Å². The third kappa shape index (κ3) is 3.90. The van der Waals surface area contributed by atoms with Crippen LogP contribution in [0.4, 0.5) is 5.69 Å². The average Bonchev–Trinajstić information content (AvgIpc) is 2.92. The van der Waals surface area contributed by atoms with E-state index in [1.54, 1.807) is 11.8 Å². The molecule has 0 saturated heterocycles. The van der Waals surface area contributed by atoms with Crippen molar-refractivity contribution >= 4 is 23.4 Å². The summed E-state index contributed by atoms with van der Waals surface area (Å²) < 4.78 is 0. The summed E-state index contributed by atoms with van der Waals surface area (Å²) in [5.74, 6) is 0.0998. The summed E-state index contributed by atoms with van der Waals surface area (Å²) in [6.07, 6.45) is 6.77. The van der Waals surface area contributed by atoms with Crippen molar-refractivity contribution in [2.45, 2.75) is 49.6 Å². The lowest BCUT2D eigenvalue weighted by Crippen LogP contribution is -2.42. The van der Waals surface area contributed by atoms with Crippen LogP contribution < -0.4 is 10.6 Å². The molecule has 1 fully saturated rings. The SMILES string of the molecule is CSc1ccccc1NC(C)C(=O)NC1CCCC1. The van der Waals surface area contributed by atoms with Crippen molar-refractivity contribution < 1.29 is 4.79 Å². The van der Waals surface area contributed by atoms with E-state index in [-0.39, 0.29) is 11.9 Å². The highest BCUT2D eigenvalue weighted by Gasteiger charge is 2.20. The lowest BCUT2D eigenvalue weighted by atomic mass is 10.2. The van der Waals surface area contributed by atoms with Crippen LogP contribution in [0.1, 0.15) is 32.6 Å². The molecule has 19 heavy (non-hydrogen) atoms. The van der Waals surface area contributed by atoms with Crippen molar-refractivity contribution in [3.63, 3.8) is 0 Å². The topological polar surface area (TPSA) is 41.1 Å². The first-order valence-electron chi connectivity index (χ1n) is 6.90. The standard InChI is InChI=1S/C15H22N2OS/c1-11(15(18)17-12-7-3-4-8-12)16-13-9-5-6-10-14(13)19-2/h5-6,9-12,16H,3-4,7-8H2,1-2H3,(H,17,18). The normalized spacial score (nSPS) is 17.2. The molecule has 3 nitrogen and oxygen atoms in total. The Balaban J connectivity index is 1.92. The second-order valence-electron chi connectivity index (χ2n) is 5.06. The molecule has 0 spiro atoms. The number of carbonyl (C=O) groups is 1. The number of hydrogen-bond donors (Lipinski definition) is 2. The van der Waals surface area contributed by atoms with Crippen LogP contribution in [0, 0.1) is 0 Å². The molecule has 104 valence electrons. The van der Waals surface area contributed by atoms with Crippen LogP contribution in [-0.2, 0) is 4.79 Å². The van der Waals surface area contributed by atoms with Crippen LogP contribution in [-0.4, -0.2) is 24.2 Å². The van der Waals surface area contributed by atoms with E-state index in [4.69, 9.17) is 0 Å². The highest BCUT2D eigenvalue weighted by atomic mass is 32.2. The van der Waals surface area contributed by atoms with Crippen molar-refractivity contribution in [2.75, 3.05) is 11.6 Å². The van der Waals surface area contributed by atoms with Gasteiger partial charge in [-0.2, -0.15) is 0 Å². The van der Waals surface area contributed by atoms with Gasteiger partial charge in [0.15, 0.2) is 0 Å². The Hall–Kier alpha value is -1.16. The van der Waals surface area contributed by atoms with Gasteiger partial charge in [-0.1, -0.05) is 25.0 Å². The Kier molecular flexibility index (Phi) is 5.14. The maximum absolute atomic E-state index is 12.1. The highest BCUT2D eigenvalue weighted by molar-refractivity contribution is 7.98. The zero-order valence-electron chi connectivity index (χ0n) is 11.6. The minimum absolute atomic E-state index is 0.0998. The smallest absolute Gasteiger partial charge is 0.242 e. The van der Waals surface area contributed by atoms with Crippen LogP contribution in [0.3, 0.4) is 0 Å². The molecule has 4 heteroatoms. The van der Waals surface area contributed by atoms with E-state index in [0.29, 0.717) is 6.04 Å². The second-order valence-corrected chi connectivity index (χ2v) is 5.90.